The number of fused-ring (bicyclic) bond motifs is 3. The Morgan fingerprint density at radius 3 is 0.819 bits per heavy atom. The first-order chi connectivity index (χ1) is 34.7. The Bertz CT molecular complexity index is 3370. The number of aromatic nitrogens is 12. The van der Waals surface area contributed by atoms with E-state index < -0.39 is 36.7 Å². The number of aromatic hydroxyl groups is 3. The molecule has 0 aliphatic rings. The van der Waals surface area contributed by atoms with E-state index in [-0.39, 0.29) is 68.8 Å². The molecule has 18 heteroatoms. The van der Waals surface area contributed by atoms with Gasteiger partial charge in [-0.25, -0.2) is 28.1 Å². The molecule has 0 fully saturated rings. The normalized spacial score (nSPS) is 13.1. The molecular formula is C54H54N12O6. The molecule has 3 atom stereocenters. The van der Waals surface area contributed by atoms with Crippen molar-refractivity contribution in [1.82, 2.24) is 58.7 Å². The molecule has 0 saturated carbocycles. The summed E-state index contributed by atoms with van der Waals surface area (Å²) in [5, 5.41) is 64.2. The maximum absolute atomic E-state index is 15.1. The molecule has 366 valence electrons. The van der Waals surface area contributed by atoms with E-state index in [9.17, 15) is 15.3 Å². The molecule has 6 aromatic carbocycles. The second kappa shape index (κ2) is 18.9. The summed E-state index contributed by atoms with van der Waals surface area (Å²) in [6.07, 6.45) is 2.19. The molecule has 0 spiro atoms. The molecule has 3 unspecified atom stereocenters. The predicted octanol–water partition coefficient (Wildman–Crippen LogP) is 8.18. The number of phenolic OH excluding ortho intramolecular Hbond substituents is 3. The third-order valence-electron chi connectivity index (χ3n) is 14.0. The number of hydrogen-bond donors (Lipinski definition) is 3. The van der Waals surface area contributed by atoms with Crippen LogP contribution in [-0.2, 0) is 19.6 Å². The highest BCUT2D eigenvalue weighted by atomic mass is 16.3. The average molecular weight is 967 g/mol. The van der Waals surface area contributed by atoms with Crippen LogP contribution < -0.4 is 17.1 Å². The molecule has 4 heterocycles. The number of rotatable bonds is 15. The summed E-state index contributed by atoms with van der Waals surface area (Å²) >= 11 is 0. The molecule has 18 nitrogen and oxygen atoms in total. The lowest BCUT2D eigenvalue weighted by atomic mass is 9.95. The topological polar surface area (TPSA) is 219 Å². The van der Waals surface area contributed by atoms with Crippen molar-refractivity contribution in [2.24, 2.45) is 0 Å². The molecule has 0 amide bonds. The van der Waals surface area contributed by atoms with Gasteiger partial charge in [0, 0.05) is 16.7 Å². The van der Waals surface area contributed by atoms with E-state index in [1.54, 1.807) is 72.8 Å². The van der Waals surface area contributed by atoms with Gasteiger partial charge in [0.15, 0.2) is 0 Å². The lowest BCUT2D eigenvalue weighted by Crippen LogP contribution is -2.54. The summed E-state index contributed by atoms with van der Waals surface area (Å²) in [7, 11) is 0. The van der Waals surface area contributed by atoms with Crippen LogP contribution in [0, 0.1) is 0 Å². The van der Waals surface area contributed by atoms with Crippen molar-refractivity contribution in [2.75, 3.05) is 0 Å². The smallest absolute Gasteiger partial charge is 0.336 e. The third-order valence-corrected chi connectivity index (χ3v) is 14.0. The molecule has 0 bridgehead atoms. The van der Waals surface area contributed by atoms with Crippen molar-refractivity contribution in [3.05, 3.63) is 174 Å². The van der Waals surface area contributed by atoms with Crippen LogP contribution in [0.4, 0.5) is 0 Å². The number of benzene rings is 6. The second-order valence-electron chi connectivity index (χ2n) is 18.6. The Balaban J connectivity index is 1.18. The Labute approximate surface area is 412 Å². The Kier molecular flexibility index (Phi) is 12.4. The van der Waals surface area contributed by atoms with Crippen LogP contribution in [0.25, 0.3) is 50.2 Å². The first-order valence-corrected chi connectivity index (χ1v) is 24.2. The summed E-state index contributed by atoms with van der Waals surface area (Å²) < 4.78 is 2.68. The highest BCUT2D eigenvalue weighted by molar-refractivity contribution is 5.75. The van der Waals surface area contributed by atoms with Crippen LogP contribution in [0.2, 0.25) is 0 Å². The largest absolute Gasteiger partial charge is 0.505 e. The molecule has 0 aliphatic carbocycles. The number of hydrogen-bond acceptors (Lipinski definition) is 12. The van der Waals surface area contributed by atoms with Gasteiger partial charge in [-0.3, -0.25) is 0 Å². The zero-order valence-corrected chi connectivity index (χ0v) is 40.8. The molecule has 0 saturated heterocycles. The minimum Gasteiger partial charge on any atom is -0.505 e. The van der Waals surface area contributed by atoms with Crippen LogP contribution in [0.5, 0.6) is 17.2 Å². The first kappa shape index (κ1) is 47.0. The van der Waals surface area contributed by atoms with Gasteiger partial charge in [0.25, 0.3) is 0 Å². The van der Waals surface area contributed by atoms with Gasteiger partial charge in [-0.2, -0.15) is 0 Å². The summed E-state index contributed by atoms with van der Waals surface area (Å²) in [6.45, 7) is 10.7. The van der Waals surface area contributed by atoms with Gasteiger partial charge >= 0.3 is 17.1 Å². The van der Waals surface area contributed by atoms with E-state index in [1.807, 2.05) is 77.9 Å². The number of nitrogens with zero attached hydrogens (tertiary/aromatic N) is 12. The molecule has 10 aromatic rings. The molecule has 4 aromatic heterocycles. The summed E-state index contributed by atoms with van der Waals surface area (Å²) in [6, 6.07) is 32.4. The zero-order chi connectivity index (χ0) is 50.5. The van der Waals surface area contributed by atoms with Gasteiger partial charge in [-0.15, -0.1) is 45.0 Å². The minimum absolute atomic E-state index is 0.0240. The van der Waals surface area contributed by atoms with Crippen LogP contribution in [0.15, 0.2) is 124 Å². The highest BCUT2D eigenvalue weighted by Gasteiger charge is 2.26. The van der Waals surface area contributed by atoms with Gasteiger partial charge in [0.2, 0.25) is 0 Å². The first-order valence-electron chi connectivity index (χ1n) is 24.2. The molecule has 0 aliphatic heterocycles. The average Bonchev–Trinajstić information content (AvgIpc) is 4.16. The summed E-state index contributed by atoms with van der Waals surface area (Å²) in [4.78, 5) is 49.4. The van der Waals surface area contributed by atoms with E-state index in [4.69, 9.17) is 0 Å². The third kappa shape index (κ3) is 8.47. The monoisotopic (exact) mass is 966 g/mol. The van der Waals surface area contributed by atoms with E-state index in [1.165, 1.54) is 14.4 Å². The van der Waals surface area contributed by atoms with Crippen molar-refractivity contribution < 1.29 is 15.3 Å². The van der Waals surface area contributed by atoms with E-state index >= 15 is 14.4 Å². The quantitative estimate of drug-likeness (QED) is 0.0886. The fourth-order valence-corrected chi connectivity index (χ4v) is 8.99. The predicted molar refractivity (Wildman–Crippen MR) is 274 cm³/mol. The second-order valence-corrected chi connectivity index (χ2v) is 18.6. The lowest BCUT2D eigenvalue weighted by molar-refractivity contribution is 0.435. The summed E-state index contributed by atoms with van der Waals surface area (Å²) in [5.41, 5.74) is 4.26. The van der Waals surface area contributed by atoms with Gasteiger partial charge in [-0.05, 0) is 127 Å². The Morgan fingerprint density at radius 2 is 0.611 bits per heavy atom. The van der Waals surface area contributed by atoms with E-state index in [2.05, 4.69) is 30.6 Å². The Morgan fingerprint density at radius 1 is 0.389 bits per heavy atom. The van der Waals surface area contributed by atoms with Crippen molar-refractivity contribution in [2.45, 2.75) is 98.2 Å². The summed E-state index contributed by atoms with van der Waals surface area (Å²) in [5.74, 6) is -0.896. The standard InChI is InChI=1S/C54H54N12O6/c1-7-31(4)34-22-37(49(67)46(25-34)64-55-40-16-10-11-17-41(40)56-64)28-61-52(70)62(29-38-23-35(32(5)8-2)26-47(50(38)68)65-57-42-18-12-13-19-43(42)58-65)54(72)63(53(61)71)30-39-24-36(33(6)9-3)27-48(51(39)69)66-59-44-20-14-15-21-45(44)60-66/h10-27,31-33,67-69H,7-9,28-30H2,1-6H3. The zero-order valence-electron chi connectivity index (χ0n) is 40.8. The highest BCUT2D eigenvalue weighted by Crippen LogP contribution is 2.36. The van der Waals surface area contributed by atoms with Gasteiger partial charge in [0.05, 0.1) is 19.6 Å². The van der Waals surface area contributed by atoms with Crippen LogP contribution >= 0.6 is 0 Å². The molecular weight excluding hydrogens is 913 g/mol. The van der Waals surface area contributed by atoms with Gasteiger partial charge in [0.1, 0.15) is 67.4 Å². The van der Waals surface area contributed by atoms with Crippen molar-refractivity contribution in [3.8, 4) is 34.3 Å². The number of phenols is 3. The maximum atomic E-state index is 15.1. The van der Waals surface area contributed by atoms with Gasteiger partial charge < -0.3 is 15.3 Å². The van der Waals surface area contributed by atoms with Crippen molar-refractivity contribution in [1.29, 1.82) is 0 Å². The fraction of sp³-hybridized carbons (Fsp3) is 0.278. The van der Waals surface area contributed by atoms with Crippen molar-refractivity contribution >= 4 is 33.1 Å². The maximum Gasteiger partial charge on any atom is 0.336 e. The van der Waals surface area contributed by atoms with Crippen molar-refractivity contribution in [3.63, 3.8) is 0 Å². The SMILES string of the molecule is CCC(C)c1cc(Cn2c(=O)n(Cc3cc(C(C)CC)cc(-n4nc5ccccc5n4)c3O)c(=O)n(Cc3cc(C(C)CC)cc(-n4nc5ccccc5n4)c3O)c2=O)c(O)c(-n2nc3ccccc3n2)c1. The van der Waals surface area contributed by atoms with Crippen LogP contribution in [-0.4, -0.2) is 74.0 Å². The van der Waals surface area contributed by atoms with E-state index in [0.29, 0.717) is 33.1 Å². The molecule has 3 N–H and O–H groups in total. The minimum atomic E-state index is -0.998. The van der Waals surface area contributed by atoms with Crippen LogP contribution in [0.3, 0.4) is 0 Å². The fourth-order valence-electron chi connectivity index (χ4n) is 8.99. The lowest BCUT2D eigenvalue weighted by Gasteiger charge is -2.20. The Hall–Kier alpha value is -8.67. The molecule has 0 radical (unpaired) electrons. The van der Waals surface area contributed by atoms with E-state index in [0.717, 1.165) is 49.7 Å². The molecule has 10 rings (SSSR count). The van der Waals surface area contributed by atoms with Crippen LogP contribution in [0.1, 0.15) is 112 Å². The van der Waals surface area contributed by atoms with Gasteiger partial charge in [-0.1, -0.05) is 77.9 Å². The molecule has 72 heavy (non-hydrogen) atoms.